The maximum atomic E-state index is 11.1. The van der Waals surface area contributed by atoms with E-state index in [4.69, 9.17) is 23.4 Å². The number of amides is 1. The predicted molar refractivity (Wildman–Crippen MR) is 51.7 cm³/mol. The first-order chi connectivity index (χ1) is 6.65. The summed E-state index contributed by atoms with van der Waals surface area (Å²) in [5.41, 5.74) is 0.599. The topological polar surface area (TPSA) is 58.9 Å². The molecule has 0 atom stereocenters. The largest absolute Gasteiger partial charge is 0.296 e. The van der Waals surface area contributed by atoms with Gasteiger partial charge in [0.2, 0.25) is 0 Å². The Morgan fingerprint density at radius 1 is 1.07 bits per heavy atom. The monoisotopic (exact) mass is 230 g/mol. The molecule has 1 aromatic rings. The molecule has 0 aromatic heterocycles. The van der Waals surface area contributed by atoms with Crippen LogP contribution in [0.25, 0.3) is 0 Å². The van der Waals surface area contributed by atoms with Crippen molar-refractivity contribution in [1.29, 1.82) is 0 Å². The second-order valence-corrected chi connectivity index (χ2v) is 2.83. The number of carbonyl (C=O) groups is 2. The SMILES string of the molecule is O=C(Cl)c1ccc(C(=O)N=NCl)cc1. The van der Waals surface area contributed by atoms with Gasteiger partial charge in [-0.15, -0.1) is 0 Å². The molecule has 1 rings (SSSR count). The smallest absolute Gasteiger partial charge is 0.276 e. The highest BCUT2D eigenvalue weighted by molar-refractivity contribution is 6.67. The van der Waals surface area contributed by atoms with Crippen LogP contribution in [0.3, 0.4) is 0 Å². The summed E-state index contributed by atoms with van der Waals surface area (Å²) in [4.78, 5) is 21.7. The maximum absolute atomic E-state index is 11.1. The maximum Gasteiger partial charge on any atom is 0.296 e. The Hall–Kier alpha value is -1.26. The normalized spacial score (nSPS) is 10.4. The van der Waals surface area contributed by atoms with Gasteiger partial charge in [-0.25, -0.2) is 0 Å². The van der Waals surface area contributed by atoms with Crippen LogP contribution in [0.2, 0.25) is 0 Å². The lowest BCUT2D eigenvalue weighted by molar-refractivity contribution is 0.0994. The van der Waals surface area contributed by atoms with Gasteiger partial charge < -0.3 is 0 Å². The van der Waals surface area contributed by atoms with Crippen molar-refractivity contribution in [3.05, 3.63) is 35.4 Å². The van der Waals surface area contributed by atoms with Crippen LogP contribution in [-0.4, -0.2) is 11.1 Å². The Morgan fingerprint density at radius 3 is 2.00 bits per heavy atom. The first-order valence-electron chi connectivity index (χ1n) is 3.51. The van der Waals surface area contributed by atoms with Crippen LogP contribution in [0.15, 0.2) is 34.0 Å². The Kier molecular flexibility index (Phi) is 3.73. The Labute approximate surface area is 89.6 Å². The van der Waals surface area contributed by atoms with Gasteiger partial charge in [-0.3, -0.25) is 9.59 Å². The van der Waals surface area contributed by atoms with Crippen molar-refractivity contribution < 1.29 is 9.59 Å². The van der Waals surface area contributed by atoms with Gasteiger partial charge in [-0.1, -0.05) is 9.75 Å². The van der Waals surface area contributed by atoms with E-state index in [1.807, 2.05) is 0 Å². The summed E-state index contributed by atoms with van der Waals surface area (Å²) in [7, 11) is 0. The van der Waals surface area contributed by atoms with Crippen molar-refractivity contribution in [2.24, 2.45) is 9.75 Å². The molecule has 0 saturated carbocycles. The lowest BCUT2D eigenvalue weighted by Gasteiger charge is -1.95. The Morgan fingerprint density at radius 2 is 1.57 bits per heavy atom. The molecule has 0 spiro atoms. The molecule has 0 heterocycles. The number of rotatable bonds is 2. The zero-order valence-electron chi connectivity index (χ0n) is 6.78. The first-order valence-corrected chi connectivity index (χ1v) is 4.23. The second kappa shape index (κ2) is 4.83. The molecule has 0 unspecified atom stereocenters. The van der Waals surface area contributed by atoms with Crippen LogP contribution >= 0.6 is 23.4 Å². The third-order valence-corrected chi connectivity index (χ3v) is 1.78. The molecule has 0 aliphatic carbocycles. The average Bonchev–Trinajstić information content (AvgIpc) is 2.18. The molecule has 0 aliphatic heterocycles. The third kappa shape index (κ3) is 2.61. The summed E-state index contributed by atoms with van der Waals surface area (Å²) >= 11 is 10.1. The van der Waals surface area contributed by atoms with Crippen molar-refractivity contribution in [2.75, 3.05) is 0 Å². The number of halogens is 2. The van der Waals surface area contributed by atoms with E-state index in [1.54, 1.807) is 0 Å². The second-order valence-electron chi connectivity index (χ2n) is 2.33. The molecule has 1 aromatic carbocycles. The number of hydrogen-bond donors (Lipinski definition) is 0. The Bertz CT molecular complexity index is 387. The van der Waals surface area contributed by atoms with Gasteiger partial charge in [0.05, 0.1) is 11.8 Å². The molecule has 72 valence electrons. The molecular formula is C8H4Cl2N2O2. The fourth-order valence-electron chi connectivity index (χ4n) is 0.836. The summed E-state index contributed by atoms with van der Waals surface area (Å²) in [6, 6.07) is 5.69. The zero-order valence-corrected chi connectivity index (χ0v) is 8.29. The van der Waals surface area contributed by atoms with Gasteiger partial charge in [-0.2, -0.15) is 0 Å². The summed E-state index contributed by atoms with van der Waals surface area (Å²) in [5.74, 6) is -0.575. The Balaban J connectivity index is 2.94. The number of hydrogen-bond acceptors (Lipinski definition) is 3. The summed E-state index contributed by atoms with van der Waals surface area (Å²) in [6.45, 7) is 0. The van der Waals surface area contributed by atoms with E-state index in [2.05, 4.69) is 9.75 Å². The van der Waals surface area contributed by atoms with Crippen LogP contribution in [0, 0.1) is 0 Å². The summed E-state index contributed by atoms with van der Waals surface area (Å²) in [6.07, 6.45) is 0. The van der Waals surface area contributed by atoms with E-state index in [0.717, 1.165) is 0 Å². The highest BCUT2D eigenvalue weighted by Gasteiger charge is 2.05. The third-order valence-electron chi connectivity index (χ3n) is 1.49. The zero-order chi connectivity index (χ0) is 10.6. The minimum atomic E-state index is -0.581. The minimum Gasteiger partial charge on any atom is -0.276 e. The lowest BCUT2D eigenvalue weighted by Crippen LogP contribution is -1.95. The van der Waals surface area contributed by atoms with Crippen molar-refractivity contribution in [3.63, 3.8) is 0 Å². The molecule has 0 aliphatic rings. The van der Waals surface area contributed by atoms with Crippen LogP contribution < -0.4 is 0 Å². The highest BCUT2D eigenvalue weighted by Crippen LogP contribution is 2.08. The molecule has 6 heteroatoms. The van der Waals surface area contributed by atoms with Crippen molar-refractivity contribution in [2.45, 2.75) is 0 Å². The highest BCUT2D eigenvalue weighted by atomic mass is 35.5. The van der Waals surface area contributed by atoms with Crippen LogP contribution in [0.1, 0.15) is 20.7 Å². The molecule has 4 nitrogen and oxygen atoms in total. The fourth-order valence-corrected chi connectivity index (χ4v) is 1.03. The van der Waals surface area contributed by atoms with Gasteiger partial charge in [0.15, 0.2) is 0 Å². The molecule has 0 radical (unpaired) electrons. The molecule has 0 fully saturated rings. The molecule has 1 amide bonds. The first kappa shape index (κ1) is 10.8. The number of carbonyl (C=O) groups excluding carboxylic acids is 2. The van der Waals surface area contributed by atoms with E-state index in [-0.39, 0.29) is 5.56 Å². The lowest BCUT2D eigenvalue weighted by atomic mass is 10.1. The molecule has 0 saturated heterocycles. The molecular weight excluding hydrogens is 227 g/mol. The minimum absolute atomic E-state index is 0.288. The predicted octanol–water partition coefficient (Wildman–Crippen LogP) is 2.81. The van der Waals surface area contributed by atoms with Gasteiger partial charge in [0.25, 0.3) is 11.1 Å². The molecule has 0 bridgehead atoms. The fraction of sp³-hybridized carbons (Fsp3) is 0. The van der Waals surface area contributed by atoms with Crippen molar-refractivity contribution in [1.82, 2.24) is 0 Å². The van der Waals surface area contributed by atoms with Crippen LogP contribution in [-0.2, 0) is 0 Å². The summed E-state index contributed by atoms with van der Waals surface area (Å²) in [5, 5.41) is 2.52. The van der Waals surface area contributed by atoms with E-state index in [0.29, 0.717) is 5.56 Å². The van der Waals surface area contributed by atoms with Gasteiger partial charge >= 0.3 is 0 Å². The van der Waals surface area contributed by atoms with E-state index in [9.17, 15) is 9.59 Å². The number of benzene rings is 1. The van der Waals surface area contributed by atoms with Crippen LogP contribution in [0.5, 0.6) is 0 Å². The van der Waals surface area contributed by atoms with E-state index >= 15 is 0 Å². The van der Waals surface area contributed by atoms with Crippen molar-refractivity contribution >= 4 is 34.5 Å². The quantitative estimate of drug-likeness (QED) is 0.580. The van der Waals surface area contributed by atoms with Crippen LogP contribution in [0.4, 0.5) is 0 Å². The molecule has 14 heavy (non-hydrogen) atoms. The van der Waals surface area contributed by atoms with E-state index < -0.39 is 11.1 Å². The summed E-state index contributed by atoms with van der Waals surface area (Å²) < 4.78 is 2.82. The van der Waals surface area contributed by atoms with Crippen molar-refractivity contribution in [3.8, 4) is 0 Å². The van der Waals surface area contributed by atoms with Gasteiger partial charge in [0, 0.05) is 11.1 Å². The standard InChI is InChI=1S/C8H4Cl2N2O2/c9-7(13)5-1-3-6(4-2-5)8(14)11-12-10/h1-4H. The van der Waals surface area contributed by atoms with Gasteiger partial charge in [0.1, 0.15) is 0 Å². The van der Waals surface area contributed by atoms with E-state index in [1.165, 1.54) is 24.3 Å². The number of nitrogens with zero attached hydrogens (tertiary/aromatic N) is 2. The molecule has 0 N–H and O–H groups in total. The van der Waals surface area contributed by atoms with Gasteiger partial charge in [-0.05, 0) is 35.9 Å². The average molecular weight is 231 g/mol.